The van der Waals surface area contributed by atoms with E-state index in [0.717, 1.165) is 22.6 Å². The van der Waals surface area contributed by atoms with Crippen LogP contribution in [0.15, 0.2) is 6.20 Å². The molecule has 0 saturated carbocycles. The van der Waals surface area contributed by atoms with E-state index in [9.17, 15) is 5.11 Å². The SMILES string of the molecule is COc1c(C)cnc(Cn2c(O)c(C)c3c(Cl)nc(N)nc32)c1C. The third-order valence-corrected chi connectivity index (χ3v) is 4.42. The summed E-state index contributed by atoms with van der Waals surface area (Å²) >= 11 is 6.16. The van der Waals surface area contributed by atoms with Crippen LogP contribution in [0.5, 0.6) is 11.6 Å². The lowest BCUT2D eigenvalue weighted by atomic mass is 10.1. The molecule has 7 nitrogen and oxygen atoms in total. The Kier molecular flexibility index (Phi) is 3.96. The van der Waals surface area contributed by atoms with Crippen LogP contribution in [0.3, 0.4) is 0 Å². The first-order valence-corrected chi connectivity index (χ1v) is 7.72. The van der Waals surface area contributed by atoms with Gasteiger partial charge in [-0.2, -0.15) is 4.98 Å². The molecule has 0 spiro atoms. The molecule has 3 aromatic rings. The monoisotopic (exact) mass is 347 g/mol. The molecule has 0 radical (unpaired) electrons. The van der Waals surface area contributed by atoms with Gasteiger partial charge in [-0.3, -0.25) is 9.55 Å². The zero-order valence-electron chi connectivity index (χ0n) is 13.9. The highest BCUT2D eigenvalue weighted by molar-refractivity contribution is 6.34. The third-order valence-electron chi connectivity index (χ3n) is 4.14. The summed E-state index contributed by atoms with van der Waals surface area (Å²) in [5.74, 6) is 0.893. The van der Waals surface area contributed by atoms with Crippen LogP contribution in [-0.4, -0.2) is 31.7 Å². The lowest BCUT2D eigenvalue weighted by Crippen LogP contribution is -2.07. The molecule has 8 heteroatoms. The number of aromatic hydroxyl groups is 1. The number of nitrogens with zero attached hydrogens (tertiary/aromatic N) is 4. The Labute approximate surface area is 144 Å². The van der Waals surface area contributed by atoms with Crippen molar-refractivity contribution < 1.29 is 9.84 Å². The summed E-state index contributed by atoms with van der Waals surface area (Å²) in [6, 6.07) is 0. The number of anilines is 1. The molecule has 3 N–H and O–H groups in total. The number of ether oxygens (including phenoxy) is 1. The zero-order chi connectivity index (χ0) is 17.6. The van der Waals surface area contributed by atoms with Crippen LogP contribution in [0.2, 0.25) is 5.15 Å². The summed E-state index contributed by atoms with van der Waals surface area (Å²) in [4.78, 5) is 12.6. The standard InChI is InChI=1S/C16H18ClN5O2/c1-7-5-19-10(8(2)12(7)24-4)6-22-14-11(9(3)15(22)23)13(17)20-16(18)21-14/h5,23H,6H2,1-4H3,(H2,18,20,21). The predicted octanol–water partition coefficient (Wildman–Crippen LogP) is 2.75. The van der Waals surface area contributed by atoms with Crippen molar-refractivity contribution in [3.05, 3.63) is 33.7 Å². The summed E-state index contributed by atoms with van der Waals surface area (Å²) in [6.45, 7) is 5.93. The molecule has 3 aromatic heterocycles. The number of hydrogen-bond donors (Lipinski definition) is 2. The van der Waals surface area contributed by atoms with Crippen LogP contribution in [0, 0.1) is 20.8 Å². The van der Waals surface area contributed by atoms with Crippen molar-refractivity contribution in [3.8, 4) is 11.6 Å². The maximum atomic E-state index is 10.5. The number of methoxy groups -OCH3 is 1. The van der Waals surface area contributed by atoms with E-state index in [-0.39, 0.29) is 17.0 Å². The van der Waals surface area contributed by atoms with Crippen LogP contribution < -0.4 is 10.5 Å². The minimum Gasteiger partial charge on any atom is -0.496 e. The minimum atomic E-state index is 0.0532. The van der Waals surface area contributed by atoms with Crippen molar-refractivity contribution in [1.82, 2.24) is 19.5 Å². The van der Waals surface area contributed by atoms with Crippen LogP contribution in [-0.2, 0) is 6.54 Å². The maximum Gasteiger partial charge on any atom is 0.223 e. The summed E-state index contributed by atoms with van der Waals surface area (Å²) in [6.07, 6.45) is 1.74. The van der Waals surface area contributed by atoms with Crippen LogP contribution in [0.1, 0.15) is 22.4 Å². The minimum absolute atomic E-state index is 0.0532. The van der Waals surface area contributed by atoms with Gasteiger partial charge in [0.1, 0.15) is 10.9 Å². The van der Waals surface area contributed by atoms with Gasteiger partial charge in [-0.05, 0) is 20.8 Å². The molecule has 126 valence electrons. The molecule has 0 aliphatic rings. The van der Waals surface area contributed by atoms with Crippen LogP contribution >= 0.6 is 11.6 Å². The highest BCUT2D eigenvalue weighted by atomic mass is 35.5. The smallest absolute Gasteiger partial charge is 0.223 e. The summed E-state index contributed by atoms with van der Waals surface area (Å²) in [5.41, 5.74) is 9.40. The van der Waals surface area contributed by atoms with E-state index in [1.54, 1.807) is 24.8 Å². The van der Waals surface area contributed by atoms with Gasteiger partial charge in [-0.25, -0.2) is 4.98 Å². The second-order valence-corrected chi connectivity index (χ2v) is 6.01. The molecule has 24 heavy (non-hydrogen) atoms. The Morgan fingerprint density at radius 2 is 1.96 bits per heavy atom. The molecule has 3 rings (SSSR count). The summed E-state index contributed by atoms with van der Waals surface area (Å²) in [5, 5.41) is 11.3. The first-order chi connectivity index (χ1) is 11.3. The van der Waals surface area contributed by atoms with Crippen molar-refractivity contribution in [3.63, 3.8) is 0 Å². The predicted molar refractivity (Wildman–Crippen MR) is 92.7 cm³/mol. The van der Waals surface area contributed by atoms with Crippen molar-refractivity contribution in [2.75, 3.05) is 12.8 Å². The number of fused-ring (bicyclic) bond motifs is 1. The van der Waals surface area contributed by atoms with Gasteiger partial charge in [0.2, 0.25) is 5.95 Å². The van der Waals surface area contributed by atoms with E-state index in [1.807, 2.05) is 13.8 Å². The molecule has 0 unspecified atom stereocenters. The van der Waals surface area contributed by atoms with E-state index in [2.05, 4.69) is 15.0 Å². The topological polar surface area (TPSA) is 99.1 Å². The Bertz CT molecular complexity index is 952. The fraction of sp³-hybridized carbons (Fsp3) is 0.312. The van der Waals surface area contributed by atoms with Crippen molar-refractivity contribution in [2.45, 2.75) is 27.3 Å². The van der Waals surface area contributed by atoms with Crippen molar-refractivity contribution in [2.24, 2.45) is 0 Å². The van der Waals surface area contributed by atoms with Crippen molar-refractivity contribution in [1.29, 1.82) is 0 Å². The van der Waals surface area contributed by atoms with Gasteiger partial charge in [0.25, 0.3) is 0 Å². The quantitative estimate of drug-likeness (QED) is 0.707. The van der Waals surface area contributed by atoms with E-state index in [4.69, 9.17) is 22.1 Å². The van der Waals surface area contributed by atoms with Crippen LogP contribution in [0.25, 0.3) is 11.0 Å². The molecular formula is C16H18ClN5O2. The summed E-state index contributed by atoms with van der Waals surface area (Å²) < 4.78 is 7.06. The number of hydrogen-bond acceptors (Lipinski definition) is 6. The number of nitrogen functional groups attached to an aromatic ring is 1. The molecule has 3 heterocycles. The molecule has 0 atom stereocenters. The molecular weight excluding hydrogens is 330 g/mol. The number of aromatic nitrogens is 4. The first-order valence-electron chi connectivity index (χ1n) is 7.35. The molecule has 0 aromatic carbocycles. The first kappa shape index (κ1) is 16.3. The lowest BCUT2D eigenvalue weighted by molar-refractivity contribution is 0.404. The number of rotatable bonds is 3. The number of nitrogens with two attached hydrogens (primary N) is 1. The van der Waals surface area contributed by atoms with Gasteiger partial charge < -0.3 is 15.6 Å². The molecule has 0 bridgehead atoms. The largest absolute Gasteiger partial charge is 0.496 e. The Morgan fingerprint density at radius 1 is 1.25 bits per heavy atom. The third kappa shape index (κ3) is 2.41. The fourth-order valence-corrected chi connectivity index (χ4v) is 3.21. The van der Waals surface area contributed by atoms with Gasteiger partial charge in [0.05, 0.1) is 24.7 Å². The highest BCUT2D eigenvalue weighted by Crippen LogP contribution is 2.35. The number of halogens is 1. The van der Waals surface area contributed by atoms with Crippen LogP contribution in [0.4, 0.5) is 5.95 Å². The van der Waals surface area contributed by atoms with E-state index in [0.29, 0.717) is 23.1 Å². The average molecular weight is 348 g/mol. The normalized spacial score (nSPS) is 11.2. The van der Waals surface area contributed by atoms with E-state index < -0.39 is 0 Å². The van der Waals surface area contributed by atoms with E-state index >= 15 is 0 Å². The van der Waals surface area contributed by atoms with Gasteiger partial charge >= 0.3 is 0 Å². The maximum absolute atomic E-state index is 10.5. The second-order valence-electron chi connectivity index (χ2n) is 5.65. The Balaban J connectivity index is 2.20. The molecule has 0 aliphatic carbocycles. The zero-order valence-corrected chi connectivity index (χ0v) is 14.6. The average Bonchev–Trinajstić information content (AvgIpc) is 2.75. The number of pyridine rings is 1. The molecule has 0 aliphatic heterocycles. The van der Waals surface area contributed by atoms with Gasteiger partial charge in [0.15, 0.2) is 11.5 Å². The molecule has 0 fully saturated rings. The number of aryl methyl sites for hydroxylation is 2. The Hall–Kier alpha value is -2.54. The van der Waals surface area contributed by atoms with Gasteiger partial charge in [0, 0.05) is 22.9 Å². The Morgan fingerprint density at radius 3 is 2.62 bits per heavy atom. The van der Waals surface area contributed by atoms with E-state index in [1.165, 1.54) is 0 Å². The second kappa shape index (κ2) is 5.83. The van der Waals surface area contributed by atoms with Crippen molar-refractivity contribution >= 4 is 28.6 Å². The van der Waals surface area contributed by atoms with Gasteiger partial charge in [-0.15, -0.1) is 0 Å². The molecule has 0 amide bonds. The van der Waals surface area contributed by atoms with Gasteiger partial charge in [-0.1, -0.05) is 11.6 Å². The molecule has 0 saturated heterocycles. The summed E-state index contributed by atoms with van der Waals surface area (Å²) in [7, 11) is 1.62. The lowest BCUT2D eigenvalue weighted by Gasteiger charge is -2.13. The highest BCUT2D eigenvalue weighted by Gasteiger charge is 2.20. The fourth-order valence-electron chi connectivity index (χ4n) is 2.90.